The third kappa shape index (κ3) is 3.93. The molecule has 0 saturated heterocycles. The molecule has 1 fully saturated rings. The van der Waals surface area contributed by atoms with Gasteiger partial charge in [0, 0.05) is 12.7 Å². The lowest BCUT2D eigenvalue weighted by Gasteiger charge is -2.14. The number of aromatic nitrogens is 3. The van der Waals surface area contributed by atoms with Gasteiger partial charge in [-0.3, -0.25) is 4.68 Å². The summed E-state index contributed by atoms with van der Waals surface area (Å²) >= 11 is 0. The second kappa shape index (κ2) is 6.63. The van der Waals surface area contributed by atoms with Crippen molar-refractivity contribution in [3.8, 4) is 0 Å². The topological polar surface area (TPSA) is 42.7 Å². The number of hydrogen-bond donors (Lipinski definition) is 1. The van der Waals surface area contributed by atoms with Crippen LogP contribution in [0, 0.1) is 5.92 Å². The van der Waals surface area contributed by atoms with Crippen molar-refractivity contribution in [1.82, 2.24) is 20.3 Å². The summed E-state index contributed by atoms with van der Waals surface area (Å²) in [5.41, 5.74) is 0. The van der Waals surface area contributed by atoms with Gasteiger partial charge in [-0.05, 0) is 25.3 Å². The first-order valence-electron chi connectivity index (χ1n) is 6.50. The van der Waals surface area contributed by atoms with E-state index in [1.165, 1.54) is 45.1 Å². The fourth-order valence-corrected chi connectivity index (χ4v) is 2.42. The van der Waals surface area contributed by atoms with E-state index < -0.39 is 0 Å². The van der Waals surface area contributed by atoms with E-state index in [1.807, 2.05) is 10.9 Å². The van der Waals surface area contributed by atoms with Crippen molar-refractivity contribution in [2.45, 2.75) is 45.1 Å². The first kappa shape index (κ1) is 11.6. The quantitative estimate of drug-likeness (QED) is 0.610. The lowest BCUT2D eigenvalue weighted by Crippen LogP contribution is -2.26. The van der Waals surface area contributed by atoms with Gasteiger partial charge in [0.2, 0.25) is 0 Å². The van der Waals surface area contributed by atoms with Gasteiger partial charge in [-0.25, -0.2) is 0 Å². The zero-order chi connectivity index (χ0) is 11.1. The van der Waals surface area contributed by atoms with E-state index in [4.69, 9.17) is 0 Å². The van der Waals surface area contributed by atoms with E-state index in [9.17, 15) is 0 Å². The Morgan fingerprint density at radius 3 is 2.69 bits per heavy atom. The van der Waals surface area contributed by atoms with Crippen LogP contribution in [0.25, 0.3) is 0 Å². The summed E-state index contributed by atoms with van der Waals surface area (Å²) in [4.78, 5) is 0. The molecule has 2 rings (SSSR count). The van der Waals surface area contributed by atoms with E-state index in [1.54, 1.807) is 6.20 Å². The Balaban J connectivity index is 1.56. The molecule has 0 radical (unpaired) electrons. The standard InChI is InChI=1S/C12H22N4/c1-2-4-6-12(5-3-1)11-13-7-9-16-10-8-14-15-16/h8,10,12-13H,1-7,9,11H2. The summed E-state index contributed by atoms with van der Waals surface area (Å²) in [5.74, 6) is 0.901. The monoisotopic (exact) mass is 222 g/mol. The zero-order valence-electron chi connectivity index (χ0n) is 9.94. The Labute approximate surface area is 97.4 Å². The number of nitrogens with zero attached hydrogens (tertiary/aromatic N) is 3. The van der Waals surface area contributed by atoms with E-state index in [0.717, 1.165) is 19.0 Å². The average molecular weight is 222 g/mol. The lowest BCUT2D eigenvalue weighted by atomic mass is 10.0. The van der Waals surface area contributed by atoms with Crippen LogP contribution in [0.2, 0.25) is 0 Å². The predicted molar refractivity (Wildman–Crippen MR) is 64.1 cm³/mol. The van der Waals surface area contributed by atoms with Gasteiger partial charge in [0.1, 0.15) is 0 Å². The molecule has 0 unspecified atom stereocenters. The van der Waals surface area contributed by atoms with Gasteiger partial charge in [-0.15, -0.1) is 5.10 Å². The molecule has 0 amide bonds. The van der Waals surface area contributed by atoms with Gasteiger partial charge in [0.15, 0.2) is 0 Å². The van der Waals surface area contributed by atoms with Gasteiger partial charge in [-0.1, -0.05) is 30.9 Å². The molecule has 1 aliphatic carbocycles. The van der Waals surface area contributed by atoms with Crippen molar-refractivity contribution in [3.05, 3.63) is 12.4 Å². The highest BCUT2D eigenvalue weighted by Crippen LogP contribution is 2.21. The molecule has 1 aromatic rings. The maximum absolute atomic E-state index is 3.94. The highest BCUT2D eigenvalue weighted by atomic mass is 15.4. The maximum atomic E-state index is 3.94. The molecule has 4 heteroatoms. The molecule has 0 spiro atoms. The summed E-state index contributed by atoms with van der Waals surface area (Å²) in [6.45, 7) is 3.10. The summed E-state index contributed by atoms with van der Waals surface area (Å²) in [7, 11) is 0. The Kier molecular flexibility index (Phi) is 4.80. The van der Waals surface area contributed by atoms with Crippen molar-refractivity contribution in [2.24, 2.45) is 5.92 Å². The van der Waals surface area contributed by atoms with Crippen LogP contribution in [0.4, 0.5) is 0 Å². The zero-order valence-corrected chi connectivity index (χ0v) is 9.94. The Morgan fingerprint density at radius 2 is 2.00 bits per heavy atom. The van der Waals surface area contributed by atoms with Gasteiger partial charge >= 0.3 is 0 Å². The predicted octanol–water partition coefficient (Wildman–Crippen LogP) is 1.84. The molecule has 0 atom stereocenters. The molecule has 4 nitrogen and oxygen atoms in total. The van der Waals surface area contributed by atoms with Crippen LogP contribution < -0.4 is 5.32 Å². The third-order valence-corrected chi connectivity index (χ3v) is 3.40. The summed E-state index contributed by atoms with van der Waals surface area (Å²) in [5, 5.41) is 11.3. The molecule has 0 bridgehead atoms. The van der Waals surface area contributed by atoms with Gasteiger partial charge in [0.25, 0.3) is 0 Å². The minimum absolute atomic E-state index is 0.901. The van der Waals surface area contributed by atoms with Crippen LogP contribution in [0.3, 0.4) is 0 Å². The van der Waals surface area contributed by atoms with Gasteiger partial charge in [-0.2, -0.15) is 0 Å². The Morgan fingerprint density at radius 1 is 1.19 bits per heavy atom. The normalized spacial score (nSPS) is 18.5. The van der Waals surface area contributed by atoms with Crippen LogP contribution in [-0.4, -0.2) is 28.1 Å². The van der Waals surface area contributed by atoms with Crippen molar-refractivity contribution >= 4 is 0 Å². The van der Waals surface area contributed by atoms with E-state index >= 15 is 0 Å². The molecule has 0 aromatic carbocycles. The molecule has 1 N–H and O–H groups in total. The smallest absolute Gasteiger partial charge is 0.0692 e. The minimum Gasteiger partial charge on any atom is -0.315 e. The Bertz CT molecular complexity index is 263. The summed E-state index contributed by atoms with van der Waals surface area (Å²) < 4.78 is 1.88. The minimum atomic E-state index is 0.901. The summed E-state index contributed by atoms with van der Waals surface area (Å²) in [6.07, 6.45) is 12.2. The largest absolute Gasteiger partial charge is 0.315 e. The van der Waals surface area contributed by atoms with Crippen molar-refractivity contribution in [3.63, 3.8) is 0 Å². The number of nitrogens with one attached hydrogen (secondary N) is 1. The molecular weight excluding hydrogens is 200 g/mol. The SMILES string of the molecule is c1cn(CCNCC2CCCCCC2)nn1. The van der Waals surface area contributed by atoms with Crippen molar-refractivity contribution in [1.29, 1.82) is 0 Å². The van der Waals surface area contributed by atoms with Crippen molar-refractivity contribution in [2.75, 3.05) is 13.1 Å². The van der Waals surface area contributed by atoms with Crippen LogP contribution >= 0.6 is 0 Å². The number of hydrogen-bond acceptors (Lipinski definition) is 3. The lowest BCUT2D eigenvalue weighted by molar-refractivity contribution is 0.415. The van der Waals surface area contributed by atoms with Crippen LogP contribution in [0.15, 0.2) is 12.4 Å². The third-order valence-electron chi connectivity index (χ3n) is 3.40. The highest BCUT2D eigenvalue weighted by Gasteiger charge is 2.11. The molecule has 1 aliphatic rings. The molecular formula is C12H22N4. The second-order valence-corrected chi connectivity index (χ2v) is 4.73. The van der Waals surface area contributed by atoms with Crippen LogP contribution in [0.1, 0.15) is 38.5 Å². The fourth-order valence-electron chi connectivity index (χ4n) is 2.42. The van der Waals surface area contributed by atoms with Gasteiger partial charge < -0.3 is 5.32 Å². The molecule has 1 saturated carbocycles. The molecule has 1 aromatic heterocycles. The average Bonchev–Trinajstić information content (AvgIpc) is 2.68. The van der Waals surface area contributed by atoms with E-state index in [0.29, 0.717) is 0 Å². The summed E-state index contributed by atoms with van der Waals surface area (Å²) in [6, 6.07) is 0. The van der Waals surface area contributed by atoms with E-state index in [-0.39, 0.29) is 0 Å². The number of rotatable bonds is 5. The van der Waals surface area contributed by atoms with Crippen LogP contribution in [0.5, 0.6) is 0 Å². The highest BCUT2D eigenvalue weighted by molar-refractivity contribution is 4.68. The first-order valence-corrected chi connectivity index (χ1v) is 6.50. The van der Waals surface area contributed by atoms with Crippen molar-refractivity contribution < 1.29 is 0 Å². The molecule has 90 valence electrons. The van der Waals surface area contributed by atoms with Crippen LogP contribution in [-0.2, 0) is 6.54 Å². The Hall–Kier alpha value is -0.900. The maximum Gasteiger partial charge on any atom is 0.0692 e. The molecule has 1 heterocycles. The molecule has 16 heavy (non-hydrogen) atoms. The first-order chi connectivity index (χ1) is 7.95. The van der Waals surface area contributed by atoms with Gasteiger partial charge in [0.05, 0.1) is 12.7 Å². The second-order valence-electron chi connectivity index (χ2n) is 4.73. The molecule has 0 aliphatic heterocycles. The fraction of sp³-hybridized carbons (Fsp3) is 0.833. The van der Waals surface area contributed by atoms with E-state index in [2.05, 4.69) is 15.6 Å².